The van der Waals surface area contributed by atoms with E-state index in [0.717, 1.165) is 19.3 Å². The number of halogens is 2. The van der Waals surface area contributed by atoms with E-state index in [2.05, 4.69) is 13.8 Å². The van der Waals surface area contributed by atoms with Crippen LogP contribution < -0.4 is 0 Å². The van der Waals surface area contributed by atoms with Crippen LogP contribution in [-0.4, -0.2) is 30.3 Å². The summed E-state index contributed by atoms with van der Waals surface area (Å²) in [6, 6.07) is 0. The topological polar surface area (TPSA) is 20.3 Å². The summed E-state index contributed by atoms with van der Waals surface area (Å²) in [4.78, 5) is 12.4. The van der Waals surface area contributed by atoms with Gasteiger partial charge in [-0.05, 0) is 31.1 Å². The monoisotopic (exact) mass is 219 g/mol. The van der Waals surface area contributed by atoms with Gasteiger partial charge in [0.15, 0.2) is 0 Å². The summed E-state index contributed by atoms with van der Waals surface area (Å²) < 4.78 is 24.4. The number of carbonyl (C=O) groups excluding carboxylic acids is 1. The van der Waals surface area contributed by atoms with Crippen molar-refractivity contribution in [3.63, 3.8) is 0 Å². The van der Waals surface area contributed by atoms with Gasteiger partial charge >= 0.3 is 6.43 Å². The Bertz CT molecular complexity index is 219. The average Bonchev–Trinajstić information content (AvgIpc) is 2.41. The molecule has 1 unspecified atom stereocenters. The van der Waals surface area contributed by atoms with Crippen LogP contribution in [0.1, 0.15) is 33.1 Å². The van der Waals surface area contributed by atoms with E-state index in [9.17, 15) is 13.6 Å². The maximum absolute atomic E-state index is 12.2. The molecule has 1 atom stereocenters. The fourth-order valence-corrected chi connectivity index (χ4v) is 2.15. The standard InChI is InChI=1S/C11H19F2NO/c1-8(2)9-4-3-6-14(7-5-9)11(15)10(12)13/h8-10H,3-7H2,1-2H3. The van der Waals surface area contributed by atoms with Crippen LogP contribution in [0.4, 0.5) is 8.78 Å². The van der Waals surface area contributed by atoms with E-state index in [1.807, 2.05) is 0 Å². The van der Waals surface area contributed by atoms with Crippen molar-refractivity contribution in [1.82, 2.24) is 4.90 Å². The molecule has 1 amide bonds. The lowest BCUT2D eigenvalue weighted by atomic mass is 9.89. The Balaban J connectivity index is 2.49. The molecule has 0 bridgehead atoms. The highest BCUT2D eigenvalue weighted by molar-refractivity contribution is 5.79. The van der Waals surface area contributed by atoms with Crippen molar-refractivity contribution in [2.75, 3.05) is 13.1 Å². The van der Waals surface area contributed by atoms with Crippen molar-refractivity contribution in [2.24, 2.45) is 11.8 Å². The van der Waals surface area contributed by atoms with Gasteiger partial charge in [-0.15, -0.1) is 0 Å². The zero-order valence-electron chi connectivity index (χ0n) is 9.38. The fourth-order valence-electron chi connectivity index (χ4n) is 2.15. The van der Waals surface area contributed by atoms with Crippen LogP contribution in [0.15, 0.2) is 0 Å². The number of likely N-dealkylation sites (tertiary alicyclic amines) is 1. The fraction of sp³-hybridized carbons (Fsp3) is 0.909. The Morgan fingerprint density at radius 1 is 1.27 bits per heavy atom. The lowest BCUT2D eigenvalue weighted by molar-refractivity contribution is -0.142. The molecule has 88 valence electrons. The Morgan fingerprint density at radius 3 is 2.47 bits per heavy atom. The molecule has 0 radical (unpaired) electrons. The second-order valence-electron chi connectivity index (χ2n) is 4.56. The molecular weight excluding hydrogens is 200 g/mol. The Kier molecular flexibility index (Phi) is 4.48. The van der Waals surface area contributed by atoms with E-state index < -0.39 is 12.3 Å². The Hall–Kier alpha value is -0.670. The molecule has 0 aromatic heterocycles. The first kappa shape index (κ1) is 12.4. The second-order valence-corrected chi connectivity index (χ2v) is 4.56. The molecule has 15 heavy (non-hydrogen) atoms. The molecule has 4 heteroatoms. The van der Waals surface area contributed by atoms with E-state index in [1.54, 1.807) is 0 Å². The van der Waals surface area contributed by atoms with Crippen molar-refractivity contribution in [3.05, 3.63) is 0 Å². The van der Waals surface area contributed by atoms with Gasteiger partial charge in [-0.1, -0.05) is 13.8 Å². The van der Waals surface area contributed by atoms with Crippen LogP contribution in [0.3, 0.4) is 0 Å². The molecule has 2 nitrogen and oxygen atoms in total. The average molecular weight is 219 g/mol. The van der Waals surface area contributed by atoms with Crippen LogP contribution in [-0.2, 0) is 4.79 Å². The number of amides is 1. The van der Waals surface area contributed by atoms with E-state index in [0.29, 0.717) is 24.9 Å². The van der Waals surface area contributed by atoms with Gasteiger partial charge in [-0.3, -0.25) is 4.79 Å². The Labute approximate surface area is 89.6 Å². The molecule has 1 fully saturated rings. The van der Waals surface area contributed by atoms with Gasteiger partial charge in [0.1, 0.15) is 0 Å². The minimum absolute atomic E-state index is 0.492. The lowest BCUT2D eigenvalue weighted by Gasteiger charge is -2.21. The van der Waals surface area contributed by atoms with E-state index in [1.165, 1.54) is 4.90 Å². The van der Waals surface area contributed by atoms with Gasteiger partial charge in [0.05, 0.1) is 0 Å². The first-order chi connectivity index (χ1) is 7.02. The molecule has 1 heterocycles. The summed E-state index contributed by atoms with van der Waals surface area (Å²) in [5.74, 6) is 0.145. The van der Waals surface area contributed by atoms with Crippen LogP contribution in [0.25, 0.3) is 0 Å². The first-order valence-corrected chi connectivity index (χ1v) is 5.59. The number of hydrogen-bond donors (Lipinski definition) is 0. The molecule has 0 N–H and O–H groups in total. The maximum atomic E-state index is 12.2. The van der Waals surface area contributed by atoms with Crippen LogP contribution in [0.5, 0.6) is 0 Å². The smallest absolute Gasteiger partial charge is 0.315 e. The summed E-state index contributed by atoms with van der Waals surface area (Å²) >= 11 is 0. The predicted octanol–water partition coefficient (Wildman–Crippen LogP) is 2.54. The third kappa shape index (κ3) is 3.43. The summed E-state index contributed by atoms with van der Waals surface area (Å²) in [6.07, 6.45) is -0.0946. The molecule has 0 aromatic rings. The van der Waals surface area contributed by atoms with Crippen molar-refractivity contribution < 1.29 is 13.6 Å². The molecule has 0 aliphatic carbocycles. The maximum Gasteiger partial charge on any atom is 0.315 e. The molecular formula is C11H19F2NO. The number of nitrogens with zero attached hydrogens (tertiary/aromatic N) is 1. The van der Waals surface area contributed by atoms with Crippen LogP contribution in [0, 0.1) is 11.8 Å². The molecule has 1 rings (SSSR count). The number of carbonyl (C=O) groups is 1. The second kappa shape index (κ2) is 5.42. The molecule has 0 aromatic carbocycles. The van der Waals surface area contributed by atoms with Crippen molar-refractivity contribution >= 4 is 5.91 Å². The third-order valence-electron chi connectivity index (χ3n) is 3.21. The summed E-state index contributed by atoms with van der Waals surface area (Å²) in [7, 11) is 0. The van der Waals surface area contributed by atoms with Crippen molar-refractivity contribution in [3.8, 4) is 0 Å². The summed E-state index contributed by atoms with van der Waals surface area (Å²) in [5.41, 5.74) is 0. The summed E-state index contributed by atoms with van der Waals surface area (Å²) in [5, 5.41) is 0. The number of alkyl halides is 2. The highest BCUT2D eigenvalue weighted by Crippen LogP contribution is 2.24. The highest BCUT2D eigenvalue weighted by atomic mass is 19.3. The zero-order chi connectivity index (χ0) is 11.4. The van der Waals surface area contributed by atoms with E-state index >= 15 is 0 Å². The SMILES string of the molecule is CC(C)C1CCCN(C(=O)C(F)F)CC1. The minimum Gasteiger partial charge on any atom is -0.338 e. The van der Waals surface area contributed by atoms with Gasteiger partial charge in [0.2, 0.25) is 0 Å². The first-order valence-electron chi connectivity index (χ1n) is 5.59. The van der Waals surface area contributed by atoms with E-state index in [-0.39, 0.29) is 0 Å². The highest BCUT2D eigenvalue weighted by Gasteiger charge is 2.26. The molecule has 1 aliphatic heterocycles. The normalized spacial score (nSPS) is 23.3. The third-order valence-corrected chi connectivity index (χ3v) is 3.21. The predicted molar refractivity (Wildman–Crippen MR) is 54.8 cm³/mol. The van der Waals surface area contributed by atoms with E-state index in [4.69, 9.17) is 0 Å². The van der Waals surface area contributed by atoms with Gasteiger partial charge in [-0.25, -0.2) is 0 Å². The lowest BCUT2D eigenvalue weighted by Crippen LogP contribution is -2.36. The largest absolute Gasteiger partial charge is 0.338 e. The zero-order valence-corrected chi connectivity index (χ0v) is 9.38. The van der Waals surface area contributed by atoms with Crippen LogP contribution >= 0.6 is 0 Å². The number of hydrogen-bond acceptors (Lipinski definition) is 1. The molecule has 0 saturated carbocycles. The number of rotatable bonds is 2. The summed E-state index contributed by atoms with van der Waals surface area (Å²) in [6.45, 7) is 5.28. The van der Waals surface area contributed by atoms with Gasteiger partial charge < -0.3 is 4.90 Å². The quantitative estimate of drug-likeness (QED) is 0.699. The molecule has 1 aliphatic rings. The van der Waals surface area contributed by atoms with Gasteiger partial charge in [0.25, 0.3) is 5.91 Å². The van der Waals surface area contributed by atoms with Gasteiger partial charge in [0, 0.05) is 13.1 Å². The van der Waals surface area contributed by atoms with Crippen molar-refractivity contribution in [2.45, 2.75) is 39.5 Å². The minimum atomic E-state index is -2.85. The van der Waals surface area contributed by atoms with Crippen molar-refractivity contribution in [1.29, 1.82) is 0 Å². The molecule has 0 spiro atoms. The molecule has 1 saturated heterocycles. The Morgan fingerprint density at radius 2 is 1.93 bits per heavy atom. The van der Waals surface area contributed by atoms with Gasteiger partial charge in [-0.2, -0.15) is 8.78 Å². The van der Waals surface area contributed by atoms with Crippen LogP contribution in [0.2, 0.25) is 0 Å².